The molecule has 0 aliphatic rings. The van der Waals surface area contributed by atoms with Gasteiger partial charge in [0.25, 0.3) is 0 Å². The zero-order valence-corrected chi connectivity index (χ0v) is 8.95. The van der Waals surface area contributed by atoms with Gasteiger partial charge in [-0.15, -0.1) is 0 Å². The molecular formula is C11H15NS. The molecule has 70 valence electrons. The Balaban J connectivity index is 2.72. The molecule has 0 aliphatic carbocycles. The van der Waals surface area contributed by atoms with E-state index in [2.05, 4.69) is 32.0 Å². The van der Waals surface area contributed by atoms with Gasteiger partial charge in [-0.3, -0.25) is 0 Å². The molecule has 13 heavy (non-hydrogen) atoms. The van der Waals surface area contributed by atoms with E-state index in [0.29, 0.717) is 4.99 Å². The Labute approximate surface area is 85.0 Å². The second kappa shape index (κ2) is 4.38. The van der Waals surface area contributed by atoms with E-state index in [-0.39, 0.29) is 0 Å². The molecule has 0 saturated heterocycles. The van der Waals surface area contributed by atoms with E-state index in [9.17, 15) is 0 Å². The van der Waals surface area contributed by atoms with Crippen molar-refractivity contribution in [3.63, 3.8) is 0 Å². The summed E-state index contributed by atoms with van der Waals surface area (Å²) in [5, 5.41) is 0. The van der Waals surface area contributed by atoms with Crippen LogP contribution >= 0.6 is 12.2 Å². The van der Waals surface area contributed by atoms with Gasteiger partial charge in [-0.2, -0.15) is 0 Å². The molecule has 0 radical (unpaired) electrons. The lowest BCUT2D eigenvalue weighted by atomic mass is 10.0. The topological polar surface area (TPSA) is 26.0 Å². The van der Waals surface area contributed by atoms with Crippen LogP contribution in [0.3, 0.4) is 0 Å². The summed E-state index contributed by atoms with van der Waals surface area (Å²) in [5.74, 6) is 0. The summed E-state index contributed by atoms with van der Waals surface area (Å²) in [7, 11) is 0. The van der Waals surface area contributed by atoms with Gasteiger partial charge < -0.3 is 5.73 Å². The van der Waals surface area contributed by atoms with Crippen LogP contribution < -0.4 is 5.73 Å². The molecule has 0 heterocycles. The smallest absolute Gasteiger partial charge is 0.0730 e. The minimum atomic E-state index is 0.597. The van der Waals surface area contributed by atoms with Gasteiger partial charge in [0.15, 0.2) is 0 Å². The average Bonchev–Trinajstić information content (AvgIpc) is 2.02. The lowest BCUT2D eigenvalue weighted by Crippen LogP contribution is -2.08. The Hall–Kier alpha value is -0.890. The summed E-state index contributed by atoms with van der Waals surface area (Å²) in [6.45, 7) is 4.23. The highest BCUT2D eigenvalue weighted by Gasteiger charge is 1.98. The maximum absolute atomic E-state index is 5.45. The van der Waals surface area contributed by atoms with Gasteiger partial charge in [-0.1, -0.05) is 36.0 Å². The lowest BCUT2D eigenvalue weighted by molar-refractivity contribution is 1.02. The molecule has 2 N–H and O–H groups in total. The minimum Gasteiger partial charge on any atom is -0.393 e. The first kappa shape index (κ1) is 10.2. The third kappa shape index (κ3) is 3.15. The molecule has 1 nitrogen and oxygen atoms in total. The Morgan fingerprint density at radius 2 is 2.08 bits per heavy atom. The van der Waals surface area contributed by atoms with Gasteiger partial charge in [0.1, 0.15) is 0 Å². The van der Waals surface area contributed by atoms with Crippen LogP contribution in [-0.4, -0.2) is 4.99 Å². The van der Waals surface area contributed by atoms with Crippen LogP contribution in [0.4, 0.5) is 0 Å². The Kier molecular flexibility index (Phi) is 3.43. The van der Waals surface area contributed by atoms with Crippen LogP contribution in [0.1, 0.15) is 23.1 Å². The van der Waals surface area contributed by atoms with Crippen molar-refractivity contribution in [1.29, 1.82) is 0 Å². The largest absolute Gasteiger partial charge is 0.393 e. The predicted octanol–water partition coefficient (Wildman–Crippen LogP) is 2.52. The maximum Gasteiger partial charge on any atom is 0.0730 e. The van der Waals surface area contributed by atoms with E-state index in [1.807, 2.05) is 0 Å². The van der Waals surface area contributed by atoms with Crippen molar-refractivity contribution in [3.05, 3.63) is 34.9 Å². The molecule has 0 aliphatic heterocycles. The Morgan fingerprint density at radius 3 is 2.62 bits per heavy atom. The second-order valence-electron chi connectivity index (χ2n) is 3.40. The van der Waals surface area contributed by atoms with Crippen LogP contribution in [-0.2, 0) is 6.42 Å². The number of aryl methyl sites for hydroxylation is 3. The first-order chi connectivity index (χ1) is 6.09. The number of hydrogen-bond acceptors (Lipinski definition) is 1. The molecule has 0 spiro atoms. The number of nitrogens with two attached hydrogens (primary N) is 1. The summed E-state index contributed by atoms with van der Waals surface area (Å²) >= 11 is 4.84. The molecule has 0 saturated carbocycles. The molecule has 1 aromatic rings. The molecule has 0 amide bonds. The van der Waals surface area contributed by atoms with Gasteiger partial charge in [-0.05, 0) is 31.4 Å². The van der Waals surface area contributed by atoms with E-state index >= 15 is 0 Å². The van der Waals surface area contributed by atoms with Crippen molar-refractivity contribution in [3.8, 4) is 0 Å². The van der Waals surface area contributed by atoms with Crippen LogP contribution in [0.15, 0.2) is 18.2 Å². The molecule has 0 atom stereocenters. The number of benzene rings is 1. The van der Waals surface area contributed by atoms with Gasteiger partial charge in [0.2, 0.25) is 0 Å². The highest BCUT2D eigenvalue weighted by atomic mass is 32.1. The third-order valence-corrected chi connectivity index (χ3v) is 2.34. The van der Waals surface area contributed by atoms with Crippen LogP contribution in [0, 0.1) is 13.8 Å². The van der Waals surface area contributed by atoms with Gasteiger partial charge in [0.05, 0.1) is 4.99 Å². The Bertz CT molecular complexity index is 318. The monoisotopic (exact) mass is 193 g/mol. The van der Waals surface area contributed by atoms with Crippen LogP contribution in [0.5, 0.6) is 0 Å². The van der Waals surface area contributed by atoms with E-state index in [4.69, 9.17) is 18.0 Å². The SMILES string of the molecule is Cc1ccc(CCC(N)=S)c(C)c1. The van der Waals surface area contributed by atoms with E-state index in [0.717, 1.165) is 12.8 Å². The maximum atomic E-state index is 5.45. The first-order valence-corrected chi connectivity index (χ1v) is 4.85. The standard InChI is InChI=1S/C11H15NS/c1-8-3-4-10(9(2)7-8)5-6-11(12)13/h3-4,7H,5-6H2,1-2H3,(H2,12,13). The predicted molar refractivity (Wildman–Crippen MR) is 61.0 cm³/mol. The fraction of sp³-hybridized carbons (Fsp3) is 0.364. The lowest BCUT2D eigenvalue weighted by Gasteiger charge is -2.05. The van der Waals surface area contributed by atoms with Crippen molar-refractivity contribution in [2.45, 2.75) is 26.7 Å². The Morgan fingerprint density at radius 1 is 1.38 bits per heavy atom. The molecular weight excluding hydrogens is 178 g/mol. The van der Waals surface area contributed by atoms with Crippen molar-refractivity contribution in [2.75, 3.05) is 0 Å². The summed E-state index contributed by atoms with van der Waals surface area (Å²) < 4.78 is 0. The van der Waals surface area contributed by atoms with E-state index < -0.39 is 0 Å². The highest BCUT2D eigenvalue weighted by molar-refractivity contribution is 7.80. The van der Waals surface area contributed by atoms with Crippen LogP contribution in [0.2, 0.25) is 0 Å². The molecule has 0 bridgehead atoms. The summed E-state index contributed by atoms with van der Waals surface area (Å²) in [6, 6.07) is 6.47. The zero-order chi connectivity index (χ0) is 9.84. The van der Waals surface area contributed by atoms with Crippen molar-refractivity contribution >= 4 is 17.2 Å². The summed E-state index contributed by atoms with van der Waals surface area (Å²) in [4.78, 5) is 0.597. The normalized spacial score (nSPS) is 10.0. The summed E-state index contributed by atoms with van der Waals surface area (Å²) in [6.07, 6.45) is 1.76. The average molecular weight is 193 g/mol. The van der Waals surface area contributed by atoms with E-state index in [1.54, 1.807) is 0 Å². The molecule has 1 rings (SSSR count). The van der Waals surface area contributed by atoms with Crippen molar-refractivity contribution < 1.29 is 0 Å². The molecule has 0 aromatic heterocycles. The van der Waals surface area contributed by atoms with Crippen molar-refractivity contribution in [1.82, 2.24) is 0 Å². The first-order valence-electron chi connectivity index (χ1n) is 4.44. The van der Waals surface area contributed by atoms with Crippen LogP contribution in [0.25, 0.3) is 0 Å². The van der Waals surface area contributed by atoms with Gasteiger partial charge >= 0.3 is 0 Å². The molecule has 1 aromatic carbocycles. The number of thiocarbonyl (C=S) groups is 1. The summed E-state index contributed by atoms with van der Waals surface area (Å²) in [5.41, 5.74) is 9.43. The molecule has 0 fully saturated rings. The number of hydrogen-bond donors (Lipinski definition) is 1. The zero-order valence-electron chi connectivity index (χ0n) is 8.13. The fourth-order valence-electron chi connectivity index (χ4n) is 1.38. The van der Waals surface area contributed by atoms with E-state index in [1.165, 1.54) is 16.7 Å². The molecule has 0 unspecified atom stereocenters. The third-order valence-electron chi connectivity index (χ3n) is 2.14. The number of rotatable bonds is 3. The van der Waals surface area contributed by atoms with Gasteiger partial charge in [0, 0.05) is 6.42 Å². The van der Waals surface area contributed by atoms with Crippen molar-refractivity contribution in [2.24, 2.45) is 5.73 Å². The molecule has 2 heteroatoms. The quantitative estimate of drug-likeness (QED) is 0.746. The fourth-order valence-corrected chi connectivity index (χ4v) is 1.49. The second-order valence-corrected chi connectivity index (χ2v) is 3.92. The minimum absolute atomic E-state index is 0.597. The van der Waals surface area contributed by atoms with Gasteiger partial charge in [-0.25, -0.2) is 0 Å². The highest BCUT2D eigenvalue weighted by Crippen LogP contribution is 2.12.